The predicted molar refractivity (Wildman–Crippen MR) is 33.9 cm³/mol. The quantitative estimate of drug-likeness (QED) is 0.314. The van der Waals surface area contributed by atoms with E-state index in [9.17, 15) is 0 Å². The molecule has 4 nitrogen and oxygen atoms in total. The van der Waals surface area contributed by atoms with Crippen molar-refractivity contribution >= 4 is 8.41 Å². The molecule has 9 heavy (non-hydrogen) atoms. The van der Waals surface area contributed by atoms with Gasteiger partial charge in [-0.25, -0.2) is 0 Å². The third-order valence-electron chi connectivity index (χ3n) is 0.945. The molecule has 0 unspecified atom stereocenters. The van der Waals surface area contributed by atoms with Crippen LogP contribution in [0.3, 0.4) is 0 Å². The van der Waals surface area contributed by atoms with Gasteiger partial charge in [0.15, 0.2) is 0 Å². The SMILES string of the molecule is NC(CO)(CO)CO.[B]. The first-order valence-electron chi connectivity index (χ1n) is 2.30. The lowest BCUT2D eigenvalue weighted by Gasteiger charge is -2.20. The molecular formula is C4H11BNO3. The molecule has 0 fully saturated rings. The Kier molecular flexibility index (Phi) is 6.16. The minimum absolute atomic E-state index is 0. The fourth-order valence-corrected chi connectivity index (χ4v) is 0.150. The molecular weight excluding hydrogens is 121 g/mol. The Balaban J connectivity index is 0. The molecule has 0 aliphatic rings. The van der Waals surface area contributed by atoms with Gasteiger partial charge in [-0.1, -0.05) is 0 Å². The largest absolute Gasteiger partial charge is 0.394 e. The third-order valence-corrected chi connectivity index (χ3v) is 0.945. The summed E-state index contributed by atoms with van der Waals surface area (Å²) in [6.07, 6.45) is 0. The van der Waals surface area contributed by atoms with Crippen LogP contribution in [0.1, 0.15) is 0 Å². The Labute approximate surface area is 55.9 Å². The molecule has 0 bridgehead atoms. The van der Waals surface area contributed by atoms with Crippen molar-refractivity contribution in [1.29, 1.82) is 0 Å². The zero-order chi connectivity index (χ0) is 6.62. The first-order valence-corrected chi connectivity index (χ1v) is 2.30. The summed E-state index contributed by atoms with van der Waals surface area (Å²) < 4.78 is 0. The zero-order valence-electron chi connectivity index (χ0n) is 5.12. The Morgan fingerprint density at radius 1 is 1.00 bits per heavy atom. The van der Waals surface area contributed by atoms with Crippen molar-refractivity contribution in [3.8, 4) is 0 Å². The molecule has 5 heteroatoms. The van der Waals surface area contributed by atoms with Crippen molar-refractivity contribution < 1.29 is 15.3 Å². The molecule has 5 N–H and O–H groups in total. The lowest BCUT2D eigenvalue weighted by atomic mass is 10.1. The number of hydrogen-bond acceptors (Lipinski definition) is 4. The van der Waals surface area contributed by atoms with Crippen molar-refractivity contribution in [2.75, 3.05) is 19.8 Å². The standard InChI is InChI=1S/C4H11NO3.B/c5-4(1-6,2-7)3-8;/h6-8H,1-3,5H2;. The van der Waals surface area contributed by atoms with Crippen molar-refractivity contribution in [2.24, 2.45) is 5.73 Å². The third kappa shape index (κ3) is 3.48. The second kappa shape index (κ2) is 4.75. The fraction of sp³-hybridized carbons (Fsp3) is 1.00. The van der Waals surface area contributed by atoms with Gasteiger partial charge in [-0.3, -0.25) is 0 Å². The van der Waals surface area contributed by atoms with Crippen molar-refractivity contribution in [3.63, 3.8) is 0 Å². The predicted octanol–water partition coefficient (Wildman–Crippen LogP) is -2.72. The molecule has 3 radical (unpaired) electrons. The summed E-state index contributed by atoms with van der Waals surface area (Å²) in [6.45, 7) is -1.21. The molecule has 0 amide bonds. The Morgan fingerprint density at radius 2 is 1.22 bits per heavy atom. The fourth-order valence-electron chi connectivity index (χ4n) is 0.150. The number of hydrogen-bond donors (Lipinski definition) is 4. The Bertz CT molecular complexity index is 58.6. The van der Waals surface area contributed by atoms with Gasteiger partial charge >= 0.3 is 0 Å². The van der Waals surface area contributed by atoms with Crippen LogP contribution < -0.4 is 5.73 Å². The van der Waals surface area contributed by atoms with Gasteiger partial charge in [0.25, 0.3) is 0 Å². The highest BCUT2D eigenvalue weighted by Crippen LogP contribution is 1.93. The molecule has 0 aromatic rings. The van der Waals surface area contributed by atoms with Gasteiger partial charge in [-0.05, 0) is 0 Å². The van der Waals surface area contributed by atoms with Gasteiger partial charge in [0.1, 0.15) is 0 Å². The summed E-state index contributed by atoms with van der Waals surface area (Å²) >= 11 is 0. The maximum atomic E-state index is 8.34. The van der Waals surface area contributed by atoms with Crippen LogP contribution >= 0.6 is 0 Å². The molecule has 0 rings (SSSR count). The molecule has 0 aromatic heterocycles. The summed E-state index contributed by atoms with van der Waals surface area (Å²) in [5, 5.41) is 25.0. The molecule has 0 aliphatic carbocycles. The highest BCUT2D eigenvalue weighted by atomic mass is 16.3. The maximum absolute atomic E-state index is 8.34. The monoisotopic (exact) mass is 132 g/mol. The van der Waals surface area contributed by atoms with E-state index in [-0.39, 0.29) is 8.41 Å². The molecule has 0 saturated heterocycles. The summed E-state index contributed by atoms with van der Waals surface area (Å²) in [6, 6.07) is 0. The van der Waals surface area contributed by atoms with E-state index in [1.54, 1.807) is 0 Å². The van der Waals surface area contributed by atoms with E-state index in [1.165, 1.54) is 0 Å². The number of aliphatic hydroxyl groups is 3. The molecule has 0 heterocycles. The molecule has 0 saturated carbocycles. The highest BCUT2D eigenvalue weighted by molar-refractivity contribution is 5.75. The lowest BCUT2D eigenvalue weighted by Crippen LogP contribution is -2.50. The second-order valence-corrected chi connectivity index (χ2v) is 1.84. The normalized spacial score (nSPS) is 10.7. The summed E-state index contributed by atoms with van der Waals surface area (Å²) in [5.74, 6) is 0. The van der Waals surface area contributed by atoms with E-state index in [1.807, 2.05) is 0 Å². The van der Waals surface area contributed by atoms with Crippen LogP contribution in [0.4, 0.5) is 0 Å². The van der Waals surface area contributed by atoms with Crippen LogP contribution in [0.2, 0.25) is 0 Å². The Hall–Kier alpha value is -0.0951. The van der Waals surface area contributed by atoms with E-state index < -0.39 is 25.4 Å². The van der Waals surface area contributed by atoms with E-state index in [4.69, 9.17) is 21.1 Å². The van der Waals surface area contributed by atoms with Gasteiger partial charge < -0.3 is 21.1 Å². The number of rotatable bonds is 3. The van der Waals surface area contributed by atoms with Crippen molar-refractivity contribution in [3.05, 3.63) is 0 Å². The van der Waals surface area contributed by atoms with Gasteiger partial charge in [0.2, 0.25) is 0 Å². The molecule has 0 spiro atoms. The van der Waals surface area contributed by atoms with Crippen molar-refractivity contribution in [2.45, 2.75) is 5.54 Å². The minimum Gasteiger partial charge on any atom is -0.394 e. The van der Waals surface area contributed by atoms with Crippen molar-refractivity contribution in [1.82, 2.24) is 0 Å². The molecule has 0 atom stereocenters. The van der Waals surface area contributed by atoms with Crippen LogP contribution in [-0.4, -0.2) is 49.1 Å². The minimum atomic E-state index is -1.21. The molecule has 0 aliphatic heterocycles. The second-order valence-electron chi connectivity index (χ2n) is 1.84. The van der Waals surface area contributed by atoms with E-state index >= 15 is 0 Å². The summed E-state index contributed by atoms with van der Waals surface area (Å²) in [4.78, 5) is 0. The van der Waals surface area contributed by atoms with E-state index in [0.717, 1.165) is 0 Å². The van der Waals surface area contributed by atoms with Crippen LogP contribution in [0.5, 0.6) is 0 Å². The van der Waals surface area contributed by atoms with E-state index in [0.29, 0.717) is 0 Å². The maximum Gasteiger partial charge on any atom is 0.0856 e. The number of aliphatic hydroxyl groups excluding tert-OH is 3. The van der Waals surface area contributed by atoms with Gasteiger partial charge in [0.05, 0.1) is 25.4 Å². The number of nitrogens with two attached hydrogens (primary N) is 1. The van der Waals surface area contributed by atoms with Crippen LogP contribution in [0.15, 0.2) is 0 Å². The first kappa shape index (κ1) is 11.7. The zero-order valence-corrected chi connectivity index (χ0v) is 5.12. The van der Waals surface area contributed by atoms with Gasteiger partial charge in [-0.2, -0.15) is 0 Å². The smallest absolute Gasteiger partial charge is 0.0856 e. The first-order chi connectivity index (χ1) is 3.68. The van der Waals surface area contributed by atoms with Crippen LogP contribution in [-0.2, 0) is 0 Å². The van der Waals surface area contributed by atoms with E-state index in [2.05, 4.69) is 0 Å². The van der Waals surface area contributed by atoms with Crippen LogP contribution in [0, 0.1) is 0 Å². The average molecular weight is 132 g/mol. The average Bonchev–Trinajstić information content (AvgIpc) is 1.87. The summed E-state index contributed by atoms with van der Waals surface area (Å²) in [5.41, 5.74) is 3.94. The molecule has 53 valence electrons. The summed E-state index contributed by atoms with van der Waals surface area (Å²) in [7, 11) is 0. The van der Waals surface area contributed by atoms with Crippen LogP contribution in [0.25, 0.3) is 0 Å². The lowest BCUT2D eigenvalue weighted by molar-refractivity contribution is 0.0698. The topological polar surface area (TPSA) is 86.7 Å². The molecule has 0 aromatic carbocycles. The van der Waals surface area contributed by atoms with Gasteiger partial charge in [0, 0.05) is 8.41 Å². The van der Waals surface area contributed by atoms with Gasteiger partial charge in [-0.15, -0.1) is 0 Å². The Morgan fingerprint density at radius 3 is 1.22 bits per heavy atom. The highest BCUT2D eigenvalue weighted by Gasteiger charge is 2.20.